The molecule has 1 aromatic heterocycles. The largest absolute Gasteiger partial charge is 0.384 e. The maximum Gasteiger partial charge on any atom is 0.251 e. The van der Waals surface area contributed by atoms with Crippen molar-refractivity contribution in [3.05, 3.63) is 27.9 Å². The molecule has 8 heteroatoms. The van der Waals surface area contributed by atoms with E-state index >= 15 is 0 Å². The number of amides is 2. The molecule has 3 aliphatic rings. The van der Waals surface area contributed by atoms with Crippen LogP contribution in [0.3, 0.4) is 0 Å². The molecule has 1 atom stereocenters. The number of nitrogens with one attached hydrogen (secondary N) is 1. The zero-order valence-corrected chi connectivity index (χ0v) is 18.5. The highest BCUT2D eigenvalue weighted by Crippen LogP contribution is 2.32. The van der Waals surface area contributed by atoms with Gasteiger partial charge in [-0.15, -0.1) is 0 Å². The van der Waals surface area contributed by atoms with E-state index < -0.39 is 0 Å². The van der Waals surface area contributed by atoms with Crippen molar-refractivity contribution in [2.45, 2.75) is 63.2 Å². The normalized spacial score (nSPS) is 22.9. The highest BCUT2D eigenvalue weighted by molar-refractivity contribution is 5.79. The van der Waals surface area contributed by atoms with E-state index in [9.17, 15) is 14.4 Å². The molecule has 4 rings (SSSR count). The van der Waals surface area contributed by atoms with Crippen LogP contribution in [0, 0.1) is 5.92 Å². The average molecular weight is 431 g/mol. The highest BCUT2D eigenvalue weighted by Gasteiger charge is 2.33. The molecule has 1 unspecified atom stereocenters. The summed E-state index contributed by atoms with van der Waals surface area (Å²) in [5.74, 6) is 1.61. The molecule has 1 saturated carbocycles. The predicted molar refractivity (Wildman–Crippen MR) is 116 cm³/mol. The standard InChI is InChI=1S/C23H34N4O4/c1-31-13-9-21(29)26-11-7-16(8-12-26)22-24-19(14-20(28)25-22)18-6-3-10-27(15-18)23(30)17-4-2-5-17/h14,16-18H,2-13,15H2,1H3,(H,24,25,28). The third-order valence-electron chi connectivity index (χ3n) is 7.14. The molecule has 0 radical (unpaired) electrons. The second-order valence-electron chi connectivity index (χ2n) is 9.20. The van der Waals surface area contributed by atoms with Crippen molar-refractivity contribution in [2.24, 2.45) is 5.92 Å². The van der Waals surface area contributed by atoms with Crippen LogP contribution in [0.25, 0.3) is 0 Å². The van der Waals surface area contributed by atoms with Crippen LogP contribution >= 0.6 is 0 Å². The number of hydrogen-bond acceptors (Lipinski definition) is 5. The molecular formula is C23H34N4O4. The van der Waals surface area contributed by atoms with Crippen molar-refractivity contribution in [3.8, 4) is 0 Å². The summed E-state index contributed by atoms with van der Waals surface area (Å²) in [6, 6.07) is 1.61. The smallest absolute Gasteiger partial charge is 0.251 e. The van der Waals surface area contributed by atoms with E-state index in [1.165, 1.54) is 0 Å². The summed E-state index contributed by atoms with van der Waals surface area (Å²) >= 11 is 0. The van der Waals surface area contributed by atoms with E-state index in [4.69, 9.17) is 9.72 Å². The molecule has 2 aliphatic heterocycles. The molecular weight excluding hydrogens is 396 g/mol. The Morgan fingerprint density at radius 1 is 1.06 bits per heavy atom. The number of methoxy groups -OCH3 is 1. The SMILES string of the molecule is COCCC(=O)N1CCC(c2nc(C3CCCN(C(=O)C4CCC4)C3)cc(=O)[nH]2)CC1. The lowest BCUT2D eigenvalue weighted by Crippen LogP contribution is -2.44. The van der Waals surface area contributed by atoms with E-state index in [0.717, 1.165) is 63.0 Å². The van der Waals surface area contributed by atoms with Gasteiger partial charge in [0.15, 0.2) is 0 Å². The fourth-order valence-electron chi connectivity index (χ4n) is 4.98. The molecule has 1 aromatic rings. The molecule has 3 heterocycles. The first kappa shape index (κ1) is 22.0. The zero-order valence-electron chi connectivity index (χ0n) is 18.5. The molecule has 31 heavy (non-hydrogen) atoms. The Bertz CT molecular complexity index is 842. The average Bonchev–Trinajstić information content (AvgIpc) is 2.76. The first-order valence-electron chi connectivity index (χ1n) is 11.7. The molecule has 170 valence electrons. The maximum atomic E-state index is 12.7. The Labute approximate surface area is 183 Å². The number of carbonyl (C=O) groups is 2. The minimum Gasteiger partial charge on any atom is -0.384 e. The minimum absolute atomic E-state index is 0.119. The minimum atomic E-state index is -0.124. The summed E-state index contributed by atoms with van der Waals surface area (Å²) in [7, 11) is 1.60. The number of hydrogen-bond donors (Lipinski definition) is 1. The van der Waals surface area contributed by atoms with E-state index in [0.29, 0.717) is 32.7 Å². The monoisotopic (exact) mass is 430 g/mol. The van der Waals surface area contributed by atoms with E-state index in [-0.39, 0.29) is 35.1 Å². The van der Waals surface area contributed by atoms with Crippen molar-refractivity contribution in [1.82, 2.24) is 19.8 Å². The van der Waals surface area contributed by atoms with Crippen LogP contribution in [-0.2, 0) is 14.3 Å². The van der Waals surface area contributed by atoms with Gasteiger partial charge in [-0.1, -0.05) is 6.42 Å². The first-order valence-corrected chi connectivity index (χ1v) is 11.7. The van der Waals surface area contributed by atoms with Gasteiger partial charge in [-0.05, 0) is 38.5 Å². The lowest BCUT2D eigenvalue weighted by atomic mass is 9.83. The van der Waals surface area contributed by atoms with Crippen molar-refractivity contribution in [2.75, 3.05) is 39.9 Å². The molecule has 0 aromatic carbocycles. The van der Waals surface area contributed by atoms with Crippen LogP contribution in [-0.4, -0.2) is 71.5 Å². The molecule has 1 aliphatic carbocycles. The van der Waals surface area contributed by atoms with Crippen LogP contribution in [0.15, 0.2) is 10.9 Å². The molecule has 3 fully saturated rings. The summed E-state index contributed by atoms with van der Waals surface area (Å²) < 4.78 is 5.00. The Morgan fingerprint density at radius 3 is 2.52 bits per heavy atom. The molecule has 2 amide bonds. The van der Waals surface area contributed by atoms with E-state index in [1.54, 1.807) is 13.2 Å². The zero-order chi connectivity index (χ0) is 21.8. The number of H-pyrrole nitrogens is 1. The number of rotatable bonds is 6. The summed E-state index contributed by atoms with van der Waals surface area (Å²) in [5, 5.41) is 0. The number of aromatic amines is 1. The Kier molecular flexibility index (Phi) is 7.05. The second kappa shape index (κ2) is 9.94. The Balaban J connectivity index is 1.40. The number of ether oxygens (including phenoxy) is 1. The number of aromatic nitrogens is 2. The fourth-order valence-corrected chi connectivity index (χ4v) is 4.98. The maximum absolute atomic E-state index is 12.7. The number of carbonyl (C=O) groups excluding carboxylic acids is 2. The van der Waals surface area contributed by atoms with Crippen molar-refractivity contribution < 1.29 is 14.3 Å². The van der Waals surface area contributed by atoms with Gasteiger partial charge < -0.3 is 19.5 Å². The number of likely N-dealkylation sites (tertiary alicyclic amines) is 2. The van der Waals surface area contributed by atoms with Crippen molar-refractivity contribution in [1.29, 1.82) is 0 Å². The Hall–Kier alpha value is -2.22. The van der Waals surface area contributed by atoms with Crippen LogP contribution in [0.2, 0.25) is 0 Å². The number of piperidine rings is 2. The van der Waals surface area contributed by atoms with E-state index in [1.807, 2.05) is 9.80 Å². The first-order chi connectivity index (χ1) is 15.0. The van der Waals surface area contributed by atoms with Gasteiger partial charge in [0.25, 0.3) is 5.56 Å². The summed E-state index contributed by atoms with van der Waals surface area (Å²) in [6.45, 7) is 3.27. The van der Waals surface area contributed by atoms with Gasteiger partial charge in [0, 0.05) is 57.1 Å². The Morgan fingerprint density at radius 2 is 1.84 bits per heavy atom. The topological polar surface area (TPSA) is 95.6 Å². The fraction of sp³-hybridized carbons (Fsp3) is 0.739. The van der Waals surface area contributed by atoms with Gasteiger partial charge in [0.1, 0.15) is 5.82 Å². The summed E-state index contributed by atoms with van der Waals surface area (Å²) in [6.07, 6.45) is 7.09. The van der Waals surface area contributed by atoms with Crippen molar-refractivity contribution >= 4 is 11.8 Å². The third-order valence-corrected chi connectivity index (χ3v) is 7.14. The van der Waals surface area contributed by atoms with Crippen LogP contribution < -0.4 is 5.56 Å². The molecule has 0 bridgehead atoms. The molecule has 1 N–H and O–H groups in total. The lowest BCUT2D eigenvalue weighted by molar-refractivity contribution is -0.139. The van der Waals surface area contributed by atoms with Crippen molar-refractivity contribution in [3.63, 3.8) is 0 Å². The van der Waals surface area contributed by atoms with Gasteiger partial charge in [0.05, 0.1) is 18.7 Å². The third kappa shape index (κ3) is 5.17. The van der Waals surface area contributed by atoms with Gasteiger partial charge in [-0.3, -0.25) is 14.4 Å². The van der Waals surface area contributed by atoms with Gasteiger partial charge >= 0.3 is 0 Å². The predicted octanol–water partition coefficient (Wildman–Crippen LogP) is 2.02. The number of nitrogens with zero attached hydrogens (tertiary/aromatic N) is 3. The second-order valence-corrected chi connectivity index (χ2v) is 9.20. The molecule has 8 nitrogen and oxygen atoms in total. The van der Waals surface area contributed by atoms with Crippen LogP contribution in [0.1, 0.15) is 74.7 Å². The quantitative estimate of drug-likeness (QED) is 0.745. The van der Waals surface area contributed by atoms with Crippen LogP contribution in [0.5, 0.6) is 0 Å². The van der Waals surface area contributed by atoms with Gasteiger partial charge in [-0.25, -0.2) is 4.98 Å². The molecule has 0 spiro atoms. The summed E-state index contributed by atoms with van der Waals surface area (Å²) in [4.78, 5) is 49.0. The van der Waals surface area contributed by atoms with Gasteiger partial charge in [0.2, 0.25) is 11.8 Å². The van der Waals surface area contributed by atoms with Crippen LogP contribution in [0.4, 0.5) is 0 Å². The van der Waals surface area contributed by atoms with Gasteiger partial charge in [-0.2, -0.15) is 0 Å². The van der Waals surface area contributed by atoms with E-state index in [2.05, 4.69) is 4.98 Å². The molecule has 2 saturated heterocycles. The highest BCUT2D eigenvalue weighted by atomic mass is 16.5. The summed E-state index contributed by atoms with van der Waals surface area (Å²) in [5.41, 5.74) is 0.685. The lowest BCUT2D eigenvalue weighted by Gasteiger charge is -2.37.